The van der Waals surface area contributed by atoms with Gasteiger partial charge >= 0.3 is 0 Å². The molecule has 0 heterocycles. The van der Waals surface area contributed by atoms with Crippen LogP contribution >= 0.6 is 0 Å². The van der Waals surface area contributed by atoms with E-state index in [-0.39, 0.29) is 17.6 Å². The van der Waals surface area contributed by atoms with Crippen molar-refractivity contribution in [3.8, 4) is 11.5 Å². The van der Waals surface area contributed by atoms with Gasteiger partial charge in [0.25, 0.3) is 0 Å². The third-order valence-corrected chi connectivity index (χ3v) is 2.45. The number of phenols is 1. The van der Waals surface area contributed by atoms with Crippen LogP contribution in [0.3, 0.4) is 0 Å². The van der Waals surface area contributed by atoms with E-state index < -0.39 is 0 Å². The number of carbonyl (C=O) groups excluding carboxylic acids is 1. The van der Waals surface area contributed by atoms with Gasteiger partial charge in [0.05, 0.1) is 6.54 Å². The number of amides is 1. The van der Waals surface area contributed by atoms with Crippen LogP contribution in [0, 0.1) is 5.92 Å². The lowest BCUT2D eigenvalue weighted by atomic mass is 10.3. The first-order chi connectivity index (χ1) is 7.75. The molecule has 0 bridgehead atoms. The van der Waals surface area contributed by atoms with Gasteiger partial charge in [-0.1, -0.05) is 0 Å². The van der Waals surface area contributed by atoms with E-state index >= 15 is 0 Å². The van der Waals surface area contributed by atoms with Gasteiger partial charge in [0, 0.05) is 5.92 Å². The number of aromatic hydroxyl groups is 1. The van der Waals surface area contributed by atoms with Crippen LogP contribution in [0.5, 0.6) is 11.5 Å². The molecule has 0 atom stereocenters. The molecule has 16 heavy (non-hydrogen) atoms. The van der Waals surface area contributed by atoms with Crippen molar-refractivity contribution in [2.75, 3.05) is 13.2 Å². The summed E-state index contributed by atoms with van der Waals surface area (Å²) in [6, 6.07) is 6.52. The summed E-state index contributed by atoms with van der Waals surface area (Å²) < 4.78 is 5.39. The van der Waals surface area contributed by atoms with E-state index in [1.54, 1.807) is 24.3 Å². The van der Waals surface area contributed by atoms with E-state index in [0.29, 0.717) is 18.9 Å². The molecule has 86 valence electrons. The van der Waals surface area contributed by atoms with E-state index in [1.165, 1.54) is 0 Å². The number of phenolic OH excluding ortho intramolecular Hbond substituents is 1. The van der Waals surface area contributed by atoms with Crippen LogP contribution in [0.25, 0.3) is 0 Å². The average Bonchev–Trinajstić information content (AvgIpc) is 3.10. The molecule has 1 amide bonds. The van der Waals surface area contributed by atoms with Crippen molar-refractivity contribution in [1.82, 2.24) is 5.32 Å². The number of carbonyl (C=O) groups is 1. The van der Waals surface area contributed by atoms with E-state index in [4.69, 9.17) is 9.84 Å². The predicted octanol–water partition coefficient (Wildman–Crippen LogP) is 1.30. The van der Waals surface area contributed by atoms with Crippen molar-refractivity contribution in [3.05, 3.63) is 24.3 Å². The molecule has 0 aliphatic heterocycles. The Morgan fingerprint density at radius 1 is 1.38 bits per heavy atom. The third kappa shape index (κ3) is 3.15. The van der Waals surface area contributed by atoms with Gasteiger partial charge in [0.2, 0.25) is 5.91 Å². The molecule has 0 spiro atoms. The van der Waals surface area contributed by atoms with E-state index in [0.717, 1.165) is 12.8 Å². The van der Waals surface area contributed by atoms with Gasteiger partial charge in [-0.3, -0.25) is 4.79 Å². The van der Waals surface area contributed by atoms with Gasteiger partial charge in [-0.25, -0.2) is 0 Å². The minimum atomic E-state index is 0.134. The summed E-state index contributed by atoms with van der Waals surface area (Å²) in [7, 11) is 0. The van der Waals surface area contributed by atoms with E-state index in [1.807, 2.05) is 0 Å². The lowest BCUT2D eigenvalue weighted by molar-refractivity contribution is -0.122. The summed E-state index contributed by atoms with van der Waals surface area (Å²) >= 11 is 0. The lowest BCUT2D eigenvalue weighted by Gasteiger charge is -2.07. The molecule has 1 aliphatic rings. The number of benzene rings is 1. The zero-order valence-electron chi connectivity index (χ0n) is 8.98. The highest BCUT2D eigenvalue weighted by Crippen LogP contribution is 2.28. The smallest absolute Gasteiger partial charge is 0.223 e. The average molecular weight is 221 g/mol. The highest BCUT2D eigenvalue weighted by atomic mass is 16.5. The molecule has 2 rings (SSSR count). The quantitative estimate of drug-likeness (QED) is 0.737. The fourth-order valence-electron chi connectivity index (χ4n) is 1.38. The van der Waals surface area contributed by atoms with Gasteiger partial charge in [0.15, 0.2) is 0 Å². The van der Waals surface area contributed by atoms with Crippen LogP contribution < -0.4 is 10.1 Å². The van der Waals surface area contributed by atoms with Crippen LogP contribution in [0.4, 0.5) is 0 Å². The number of hydrogen-bond donors (Lipinski definition) is 2. The van der Waals surface area contributed by atoms with Crippen LogP contribution in [-0.4, -0.2) is 24.2 Å². The van der Waals surface area contributed by atoms with Crippen molar-refractivity contribution in [3.63, 3.8) is 0 Å². The van der Waals surface area contributed by atoms with Crippen molar-refractivity contribution in [2.24, 2.45) is 5.92 Å². The molecular weight excluding hydrogens is 206 g/mol. The minimum absolute atomic E-state index is 0.134. The molecule has 0 aromatic heterocycles. The Morgan fingerprint density at radius 2 is 2.06 bits per heavy atom. The molecule has 1 fully saturated rings. The lowest BCUT2D eigenvalue weighted by Crippen LogP contribution is -2.29. The monoisotopic (exact) mass is 221 g/mol. The van der Waals surface area contributed by atoms with E-state index in [2.05, 4.69) is 5.32 Å². The first-order valence-electron chi connectivity index (χ1n) is 5.45. The van der Waals surface area contributed by atoms with Crippen molar-refractivity contribution < 1.29 is 14.6 Å². The number of nitrogens with one attached hydrogen (secondary N) is 1. The number of ether oxygens (including phenoxy) is 1. The minimum Gasteiger partial charge on any atom is -0.508 e. The van der Waals surface area contributed by atoms with Crippen LogP contribution in [0.2, 0.25) is 0 Å². The highest BCUT2D eigenvalue weighted by molar-refractivity contribution is 5.80. The molecule has 4 nitrogen and oxygen atoms in total. The van der Waals surface area contributed by atoms with Crippen molar-refractivity contribution >= 4 is 5.91 Å². The second kappa shape index (κ2) is 4.88. The Balaban J connectivity index is 1.63. The summed E-state index contributed by atoms with van der Waals surface area (Å²) in [4.78, 5) is 11.3. The topological polar surface area (TPSA) is 58.6 Å². The van der Waals surface area contributed by atoms with E-state index in [9.17, 15) is 4.79 Å². The van der Waals surface area contributed by atoms with Gasteiger partial charge < -0.3 is 15.2 Å². The van der Waals surface area contributed by atoms with Crippen molar-refractivity contribution in [2.45, 2.75) is 12.8 Å². The van der Waals surface area contributed by atoms with Gasteiger partial charge in [0.1, 0.15) is 18.1 Å². The Bertz CT molecular complexity index is 357. The van der Waals surface area contributed by atoms with Crippen molar-refractivity contribution in [1.29, 1.82) is 0 Å². The SMILES string of the molecule is O=C(NCCOc1ccc(O)cc1)C1CC1. The molecule has 4 heteroatoms. The molecule has 2 N–H and O–H groups in total. The number of hydrogen-bond acceptors (Lipinski definition) is 3. The summed E-state index contributed by atoms with van der Waals surface area (Å²) in [5, 5.41) is 11.9. The fourth-order valence-corrected chi connectivity index (χ4v) is 1.38. The number of rotatable bonds is 5. The molecule has 1 aromatic carbocycles. The summed E-state index contributed by atoms with van der Waals surface area (Å²) in [6.07, 6.45) is 2.04. The predicted molar refractivity (Wildman–Crippen MR) is 59.3 cm³/mol. The maximum Gasteiger partial charge on any atom is 0.223 e. The maximum atomic E-state index is 11.3. The Labute approximate surface area is 94.2 Å². The highest BCUT2D eigenvalue weighted by Gasteiger charge is 2.28. The Morgan fingerprint density at radius 3 is 2.69 bits per heavy atom. The Hall–Kier alpha value is -1.71. The molecule has 1 aromatic rings. The molecule has 0 saturated heterocycles. The third-order valence-electron chi connectivity index (χ3n) is 2.45. The Kier molecular flexibility index (Phi) is 3.29. The van der Waals surface area contributed by atoms with Crippen LogP contribution in [0.15, 0.2) is 24.3 Å². The first-order valence-corrected chi connectivity index (χ1v) is 5.45. The maximum absolute atomic E-state index is 11.3. The van der Waals surface area contributed by atoms with Gasteiger partial charge in [-0.05, 0) is 37.1 Å². The fraction of sp³-hybridized carbons (Fsp3) is 0.417. The zero-order chi connectivity index (χ0) is 11.4. The summed E-state index contributed by atoms with van der Waals surface area (Å²) in [5.41, 5.74) is 0. The molecular formula is C12H15NO3. The largest absolute Gasteiger partial charge is 0.508 e. The molecule has 1 saturated carbocycles. The second-order valence-corrected chi connectivity index (χ2v) is 3.91. The molecule has 0 unspecified atom stereocenters. The zero-order valence-corrected chi connectivity index (χ0v) is 8.98. The summed E-state index contributed by atoms with van der Waals surface area (Å²) in [6.45, 7) is 0.972. The first kappa shape index (κ1) is 10.8. The molecule has 1 aliphatic carbocycles. The molecule has 0 radical (unpaired) electrons. The summed E-state index contributed by atoms with van der Waals surface area (Å²) in [5.74, 6) is 1.29. The standard InChI is InChI=1S/C12H15NO3/c14-10-3-5-11(6-4-10)16-8-7-13-12(15)9-1-2-9/h3-6,9,14H,1-2,7-8H2,(H,13,15). The second-order valence-electron chi connectivity index (χ2n) is 3.91. The van der Waals surface area contributed by atoms with Gasteiger partial charge in [-0.2, -0.15) is 0 Å². The van der Waals surface area contributed by atoms with Gasteiger partial charge in [-0.15, -0.1) is 0 Å². The normalized spacial score (nSPS) is 14.5. The van der Waals surface area contributed by atoms with Crippen LogP contribution in [-0.2, 0) is 4.79 Å². The van der Waals surface area contributed by atoms with Crippen LogP contribution in [0.1, 0.15) is 12.8 Å².